The molecule has 0 radical (unpaired) electrons. The molecule has 5 heterocycles. The quantitative estimate of drug-likeness (QED) is 0.211. The number of aliphatic hydroxyl groups excluding tert-OH is 1. The van der Waals surface area contributed by atoms with Crippen molar-refractivity contribution in [3.8, 4) is 17.2 Å². The number of nitriles is 1. The van der Waals surface area contributed by atoms with E-state index in [1.54, 1.807) is 25.1 Å². The maximum atomic E-state index is 17.2. The molecule has 6 atom stereocenters. The summed E-state index contributed by atoms with van der Waals surface area (Å²) in [5.74, 6) is 0.487. The number of rotatable bonds is 7. The van der Waals surface area contributed by atoms with E-state index >= 15 is 4.39 Å². The van der Waals surface area contributed by atoms with Gasteiger partial charge in [0.15, 0.2) is 5.82 Å². The normalized spacial score (nSPS) is 28.7. The van der Waals surface area contributed by atoms with Crippen molar-refractivity contribution in [2.75, 3.05) is 13.1 Å². The van der Waals surface area contributed by atoms with Crippen LogP contribution in [0.2, 0.25) is 10.0 Å². The summed E-state index contributed by atoms with van der Waals surface area (Å²) in [4.78, 5) is 21.1. The summed E-state index contributed by atoms with van der Waals surface area (Å²) in [6, 6.07) is 11.9. The Morgan fingerprint density at radius 1 is 1.28 bits per heavy atom. The second-order valence-corrected chi connectivity index (χ2v) is 15.6. The van der Waals surface area contributed by atoms with Crippen LogP contribution in [0.25, 0.3) is 32.9 Å². The molecule has 6 fully saturated rings. The van der Waals surface area contributed by atoms with Gasteiger partial charge in [0.2, 0.25) is 5.91 Å². The average molecular weight is 673 g/mol. The topological polar surface area (TPSA) is 94.2 Å². The number of carbonyl (C=O) groups excluding carboxylic acids is 1. The second-order valence-electron chi connectivity index (χ2n) is 14.8. The van der Waals surface area contributed by atoms with Gasteiger partial charge in [-0.1, -0.05) is 42.3 Å². The number of hydrogen-bond acceptors (Lipinski definition) is 5. The lowest BCUT2D eigenvalue weighted by Gasteiger charge is -2.40. The highest BCUT2D eigenvalue weighted by molar-refractivity contribution is 6.43. The largest absolute Gasteiger partial charge is 0.387 e. The number of halogens is 3. The van der Waals surface area contributed by atoms with Crippen LogP contribution in [0, 0.1) is 34.4 Å². The number of fused-ring (bicyclic) bond motifs is 5. The smallest absolute Gasteiger partial charge is 0.229 e. The molecule has 1 unspecified atom stereocenters. The van der Waals surface area contributed by atoms with Crippen molar-refractivity contribution in [1.82, 2.24) is 19.8 Å². The van der Waals surface area contributed by atoms with Crippen LogP contribution in [0.15, 0.2) is 30.3 Å². The summed E-state index contributed by atoms with van der Waals surface area (Å²) in [7, 11) is 0. The Labute approximate surface area is 282 Å². The molecule has 2 bridgehead atoms. The van der Waals surface area contributed by atoms with E-state index in [-0.39, 0.29) is 45.9 Å². The van der Waals surface area contributed by atoms with Crippen LogP contribution in [-0.2, 0) is 16.8 Å². The molecular weight excluding hydrogens is 636 g/mol. The Balaban J connectivity index is 1.37. The molecule has 242 valence electrons. The number of nitrogens with zero attached hydrogens (tertiary/aromatic N) is 4. The van der Waals surface area contributed by atoms with Gasteiger partial charge in [-0.15, -0.1) is 0 Å². The van der Waals surface area contributed by atoms with Crippen LogP contribution in [0.5, 0.6) is 0 Å². The van der Waals surface area contributed by atoms with Crippen molar-refractivity contribution in [1.29, 1.82) is 5.26 Å². The average Bonchev–Trinajstić information content (AvgIpc) is 3.61. The molecule has 1 amide bonds. The zero-order valence-corrected chi connectivity index (χ0v) is 27.9. The van der Waals surface area contributed by atoms with E-state index in [0.717, 1.165) is 61.8 Å². The lowest BCUT2D eigenvalue weighted by Crippen LogP contribution is -2.45. The fourth-order valence-corrected chi connectivity index (χ4v) is 9.66. The van der Waals surface area contributed by atoms with Gasteiger partial charge < -0.3 is 19.9 Å². The van der Waals surface area contributed by atoms with Crippen LogP contribution in [-0.4, -0.2) is 44.6 Å². The maximum Gasteiger partial charge on any atom is 0.229 e. The zero-order valence-electron chi connectivity index (χ0n) is 26.4. The Morgan fingerprint density at radius 3 is 2.74 bits per heavy atom. The number of aryl methyl sites for hydroxylation is 1. The molecule has 4 aromatic rings. The van der Waals surface area contributed by atoms with Crippen molar-refractivity contribution < 1.29 is 14.3 Å². The van der Waals surface area contributed by atoms with Gasteiger partial charge in [0, 0.05) is 58.6 Å². The highest BCUT2D eigenvalue weighted by Crippen LogP contribution is 2.66. The summed E-state index contributed by atoms with van der Waals surface area (Å²) in [6.07, 6.45) is 4.36. The number of piperidine rings is 1. The monoisotopic (exact) mass is 671 g/mol. The summed E-state index contributed by atoms with van der Waals surface area (Å²) >= 11 is 13.1. The third-order valence-corrected chi connectivity index (χ3v) is 12.9. The van der Waals surface area contributed by atoms with Crippen LogP contribution in [0.1, 0.15) is 81.5 Å². The Bertz CT molecular complexity index is 2070. The third-order valence-electron chi connectivity index (χ3n) is 12.1. The van der Waals surface area contributed by atoms with E-state index in [9.17, 15) is 15.2 Å². The molecule has 2 aromatic heterocycles. The number of benzene rings is 2. The third kappa shape index (κ3) is 4.04. The number of hydrogen-bond donors (Lipinski definition) is 2. The molecule has 10 rings (SSSR count). The number of amides is 1. The first-order chi connectivity index (χ1) is 22.6. The van der Waals surface area contributed by atoms with Crippen molar-refractivity contribution in [3.63, 3.8) is 0 Å². The minimum atomic E-state index is -0.961. The van der Waals surface area contributed by atoms with Crippen LogP contribution < -0.4 is 5.32 Å². The van der Waals surface area contributed by atoms with E-state index in [2.05, 4.69) is 33.8 Å². The van der Waals surface area contributed by atoms with Crippen LogP contribution in [0.3, 0.4) is 0 Å². The van der Waals surface area contributed by atoms with Gasteiger partial charge in [-0.3, -0.25) is 4.79 Å². The number of carbonyl (C=O) groups is 1. The van der Waals surface area contributed by atoms with E-state index in [1.807, 2.05) is 6.07 Å². The van der Waals surface area contributed by atoms with E-state index in [1.165, 1.54) is 0 Å². The SMILES string of the molecule is CC(O)c1nc2c(F)c(-c3cccc(Cl)c3Cl)c(CCC#N)cc2c2c1cc([C@@]13C[C@H]1CCN3C(=O)C1(C)CC1)n2[C@H]1[C@H]2CN[C@@H]1C2. The first-order valence-corrected chi connectivity index (χ1v) is 17.6. The minimum absolute atomic E-state index is 0.146. The van der Waals surface area contributed by atoms with Crippen LogP contribution in [0.4, 0.5) is 4.39 Å². The van der Waals surface area contributed by atoms with Gasteiger partial charge in [-0.25, -0.2) is 9.37 Å². The van der Waals surface area contributed by atoms with E-state index in [0.29, 0.717) is 45.5 Å². The summed E-state index contributed by atoms with van der Waals surface area (Å²) in [5.41, 5.74) is 3.19. The highest BCUT2D eigenvalue weighted by Gasteiger charge is 2.68. The minimum Gasteiger partial charge on any atom is -0.387 e. The maximum absolute atomic E-state index is 17.2. The van der Waals surface area contributed by atoms with Gasteiger partial charge >= 0.3 is 0 Å². The lowest BCUT2D eigenvalue weighted by molar-refractivity contribution is -0.139. The summed E-state index contributed by atoms with van der Waals surface area (Å²) < 4.78 is 19.6. The lowest BCUT2D eigenvalue weighted by atomic mass is 9.79. The van der Waals surface area contributed by atoms with Gasteiger partial charge in [-0.2, -0.15) is 5.26 Å². The number of nitrogens with one attached hydrogen (secondary N) is 1. The molecule has 3 saturated carbocycles. The first kappa shape index (κ1) is 29.9. The summed E-state index contributed by atoms with van der Waals surface area (Å²) in [5, 5.41) is 26.4. The second kappa shape index (κ2) is 10.1. The fraction of sp³-hybridized carbons (Fsp3) is 0.486. The molecule has 47 heavy (non-hydrogen) atoms. The number of likely N-dealkylation sites (tertiary alicyclic amines) is 1. The van der Waals surface area contributed by atoms with Gasteiger partial charge in [0.25, 0.3) is 0 Å². The predicted octanol–water partition coefficient (Wildman–Crippen LogP) is 7.59. The molecule has 2 N–H and O–H groups in total. The molecule has 7 nitrogen and oxygen atoms in total. The molecule has 6 aliphatic rings. The molecule has 2 aromatic carbocycles. The first-order valence-electron chi connectivity index (χ1n) is 16.8. The van der Waals surface area contributed by atoms with E-state index in [4.69, 9.17) is 28.2 Å². The van der Waals surface area contributed by atoms with Gasteiger partial charge in [-0.05, 0) is 81.0 Å². The Morgan fingerprint density at radius 2 is 2.09 bits per heavy atom. The molecule has 10 heteroatoms. The zero-order chi connectivity index (χ0) is 32.6. The predicted molar refractivity (Wildman–Crippen MR) is 180 cm³/mol. The molecular formula is C37H36Cl2FN5O2. The van der Waals surface area contributed by atoms with Crippen molar-refractivity contribution in [3.05, 3.63) is 63.1 Å². The van der Waals surface area contributed by atoms with Gasteiger partial charge in [0.05, 0.1) is 45.0 Å². The Hall–Kier alpha value is -3.22. The van der Waals surface area contributed by atoms with Crippen molar-refractivity contribution in [2.45, 2.75) is 82.5 Å². The molecule has 3 aliphatic heterocycles. The van der Waals surface area contributed by atoms with Crippen LogP contribution >= 0.6 is 23.2 Å². The fourth-order valence-electron chi connectivity index (χ4n) is 9.27. The number of aromatic nitrogens is 2. The summed E-state index contributed by atoms with van der Waals surface area (Å²) in [6.45, 7) is 5.42. The van der Waals surface area contributed by atoms with Crippen molar-refractivity contribution in [2.24, 2.45) is 17.3 Å². The Kier molecular flexibility index (Phi) is 6.45. The molecule has 0 spiro atoms. The molecule has 3 aliphatic carbocycles. The highest BCUT2D eigenvalue weighted by atomic mass is 35.5. The standard InChI is InChI=1S/C37H36Cl2FN5O2/c1-18(46)31-24-15-27(37-16-21(37)8-12-44(37)35(47)36(2)9-10-36)45(33-20-14-26(33)42-17-20)34(24)23-13-19(5-4-11-41)28(30(40)32(23)43-31)22-6-3-7-25(38)29(22)39/h3,6-7,13,15,18,20-21,26,33,42,46H,4-5,8-10,12,14,16-17H2,1-2H3/t18?,20-,21-,26-,33+,37-/m1/s1. The van der Waals surface area contributed by atoms with Crippen molar-refractivity contribution >= 4 is 50.9 Å². The molecule has 3 saturated heterocycles. The van der Waals surface area contributed by atoms with Gasteiger partial charge in [0.1, 0.15) is 5.52 Å². The van der Waals surface area contributed by atoms with E-state index < -0.39 is 17.5 Å². The number of aliphatic hydroxyl groups is 1. The number of pyridine rings is 1.